The first-order valence-electron chi connectivity index (χ1n) is 9.99. The zero-order chi connectivity index (χ0) is 19.4. The molecule has 0 aliphatic heterocycles. The molecule has 0 aromatic heterocycles. The Morgan fingerprint density at radius 3 is 1.93 bits per heavy atom. The maximum Gasteiger partial charge on any atom is 0.122 e. The first-order valence-corrected chi connectivity index (χ1v) is 9.99. The van der Waals surface area contributed by atoms with Gasteiger partial charge in [0.05, 0.1) is 0 Å². The number of hydrogen-bond donors (Lipinski definition) is 1. The molecular weight excluding hydrogens is 346 g/mol. The SMILES string of the molecule is CC(NCCCc1ccccc1)c1ccc(OCCOc2ccccc2)cc1. The molecule has 28 heavy (non-hydrogen) atoms. The smallest absolute Gasteiger partial charge is 0.122 e. The second-order valence-corrected chi connectivity index (χ2v) is 6.84. The Hall–Kier alpha value is -2.78. The number of para-hydroxylation sites is 1. The highest BCUT2D eigenvalue weighted by atomic mass is 16.5. The van der Waals surface area contributed by atoms with Gasteiger partial charge >= 0.3 is 0 Å². The molecule has 1 unspecified atom stereocenters. The summed E-state index contributed by atoms with van der Waals surface area (Å²) in [5.74, 6) is 1.74. The molecule has 3 heteroatoms. The van der Waals surface area contributed by atoms with Crippen molar-refractivity contribution in [3.63, 3.8) is 0 Å². The van der Waals surface area contributed by atoms with Crippen LogP contribution < -0.4 is 14.8 Å². The van der Waals surface area contributed by atoms with Gasteiger partial charge in [-0.05, 0) is 61.7 Å². The van der Waals surface area contributed by atoms with Crippen LogP contribution in [-0.4, -0.2) is 19.8 Å². The molecule has 3 aromatic rings. The highest BCUT2D eigenvalue weighted by Gasteiger charge is 2.05. The van der Waals surface area contributed by atoms with Crippen LogP contribution in [0.15, 0.2) is 84.9 Å². The summed E-state index contributed by atoms with van der Waals surface area (Å²) in [6.45, 7) is 4.27. The molecule has 0 amide bonds. The second kappa shape index (κ2) is 11.2. The number of aryl methyl sites for hydroxylation is 1. The third-order valence-corrected chi connectivity index (χ3v) is 4.68. The van der Waals surface area contributed by atoms with E-state index in [1.165, 1.54) is 11.1 Å². The summed E-state index contributed by atoms with van der Waals surface area (Å²) < 4.78 is 11.4. The lowest BCUT2D eigenvalue weighted by Gasteiger charge is -2.15. The molecule has 0 spiro atoms. The fourth-order valence-corrected chi connectivity index (χ4v) is 3.06. The minimum absolute atomic E-state index is 0.325. The first-order chi connectivity index (χ1) is 13.8. The molecule has 1 N–H and O–H groups in total. The molecule has 0 bridgehead atoms. The lowest BCUT2D eigenvalue weighted by Crippen LogP contribution is -2.20. The van der Waals surface area contributed by atoms with Crippen molar-refractivity contribution in [1.29, 1.82) is 0 Å². The van der Waals surface area contributed by atoms with Crippen molar-refractivity contribution in [1.82, 2.24) is 5.32 Å². The van der Waals surface area contributed by atoms with E-state index in [4.69, 9.17) is 9.47 Å². The van der Waals surface area contributed by atoms with Crippen LogP contribution in [0, 0.1) is 0 Å². The number of nitrogens with one attached hydrogen (secondary N) is 1. The van der Waals surface area contributed by atoms with Crippen molar-refractivity contribution in [2.45, 2.75) is 25.8 Å². The summed E-state index contributed by atoms with van der Waals surface area (Å²) >= 11 is 0. The molecule has 3 rings (SSSR count). The van der Waals surface area contributed by atoms with E-state index in [0.717, 1.165) is 30.9 Å². The Morgan fingerprint density at radius 1 is 0.714 bits per heavy atom. The number of ether oxygens (including phenoxy) is 2. The fraction of sp³-hybridized carbons (Fsp3) is 0.280. The molecule has 0 aliphatic carbocycles. The molecule has 0 aliphatic rings. The average molecular weight is 376 g/mol. The molecule has 0 heterocycles. The van der Waals surface area contributed by atoms with E-state index < -0.39 is 0 Å². The molecule has 3 aromatic carbocycles. The average Bonchev–Trinajstić information content (AvgIpc) is 2.76. The maximum atomic E-state index is 5.76. The molecule has 0 saturated carbocycles. The number of benzene rings is 3. The first kappa shape index (κ1) is 20.0. The lowest BCUT2D eigenvalue weighted by molar-refractivity contribution is 0.217. The van der Waals surface area contributed by atoms with Gasteiger partial charge in [0.15, 0.2) is 0 Å². The second-order valence-electron chi connectivity index (χ2n) is 6.84. The topological polar surface area (TPSA) is 30.5 Å². The van der Waals surface area contributed by atoms with Gasteiger partial charge in [-0.25, -0.2) is 0 Å². The van der Waals surface area contributed by atoms with E-state index in [2.05, 4.69) is 54.7 Å². The van der Waals surface area contributed by atoms with E-state index in [1.54, 1.807) is 0 Å². The van der Waals surface area contributed by atoms with E-state index in [0.29, 0.717) is 19.3 Å². The molecule has 146 valence electrons. The van der Waals surface area contributed by atoms with Crippen molar-refractivity contribution in [2.24, 2.45) is 0 Å². The summed E-state index contributed by atoms with van der Waals surface area (Å²) in [4.78, 5) is 0. The van der Waals surface area contributed by atoms with Crippen molar-refractivity contribution in [2.75, 3.05) is 19.8 Å². The quantitative estimate of drug-likeness (QED) is 0.454. The van der Waals surface area contributed by atoms with Crippen molar-refractivity contribution < 1.29 is 9.47 Å². The van der Waals surface area contributed by atoms with Crippen LogP contribution >= 0.6 is 0 Å². The van der Waals surface area contributed by atoms with Crippen LogP contribution in [0.2, 0.25) is 0 Å². The zero-order valence-electron chi connectivity index (χ0n) is 16.5. The van der Waals surface area contributed by atoms with E-state index >= 15 is 0 Å². The van der Waals surface area contributed by atoms with Crippen LogP contribution in [0.4, 0.5) is 0 Å². The minimum atomic E-state index is 0.325. The van der Waals surface area contributed by atoms with Gasteiger partial charge in [-0.15, -0.1) is 0 Å². The largest absolute Gasteiger partial charge is 0.490 e. The van der Waals surface area contributed by atoms with Gasteiger partial charge in [0, 0.05) is 6.04 Å². The van der Waals surface area contributed by atoms with Crippen molar-refractivity contribution in [3.8, 4) is 11.5 Å². The predicted molar refractivity (Wildman–Crippen MR) is 115 cm³/mol. The Bertz CT molecular complexity index is 788. The Balaban J connectivity index is 1.33. The zero-order valence-corrected chi connectivity index (χ0v) is 16.5. The molecule has 0 radical (unpaired) electrons. The van der Waals surface area contributed by atoms with Crippen LogP contribution in [-0.2, 0) is 6.42 Å². The third-order valence-electron chi connectivity index (χ3n) is 4.68. The van der Waals surface area contributed by atoms with Crippen molar-refractivity contribution in [3.05, 3.63) is 96.1 Å². The molecule has 3 nitrogen and oxygen atoms in total. The van der Waals surface area contributed by atoms with Gasteiger partial charge < -0.3 is 14.8 Å². The third kappa shape index (κ3) is 6.75. The lowest BCUT2D eigenvalue weighted by atomic mass is 10.1. The predicted octanol–water partition coefficient (Wildman–Crippen LogP) is 5.43. The molecule has 0 saturated heterocycles. The van der Waals surface area contributed by atoms with Gasteiger partial charge in [-0.1, -0.05) is 60.7 Å². The molecule has 0 fully saturated rings. The highest BCUT2D eigenvalue weighted by molar-refractivity contribution is 5.29. The van der Waals surface area contributed by atoms with Gasteiger partial charge in [-0.2, -0.15) is 0 Å². The van der Waals surface area contributed by atoms with E-state index in [-0.39, 0.29) is 0 Å². The van der Waals surface area contributed by atoms with Crippen LogP contribution in [0.1, 0.15) is 30.5 Å². The minimum Gasteiger partial charge on any atom is -0.490 e. The highest BCUT2D eigenvalue weighted by Crippen LogP contribution is 2.18. The van der Waals surface area contributed by atoms with Gasteiger partial charge in [0.1, 0.15) is 24.7 Å². The fourth-order valence-electron chi connectivity index (χ4n) is 3.06. The summed E-state index contributed by atoms with van der Waals surface area (Å²) in [7, 11) is 0. The summed E-state index contributed by atoms with van der Waals surface area (Å²) in [6.07, 6.45) is 2.25. The van der Waals surface area contributed by atoms with E-state index in [1.807, 2.05) is 42.5 Å². The molecular formula is C25H29NO2. The van der Waals surface area contributed by atoms with Crippen LogP contribution in [0.25, 0.3) is 0 Å². The van der Waals surface area contributed by atoms with Crippen molar-refractivity contribution >= 4 is 0 Å². The summed E-state index contributed by atoms with van der Waals surface area (Å²) in [5, 5.41) is 3.60. The Kier molecular flexibility index (Phi) is 7.95. The summed E-state index contributed by atoms with van der Waals surface area (Å²) in [5.41, 5.74) is 2.67. The number of rotatable bonds is 11. The van der Waals surface area contributed by atoms with Crippen LogP contribution in [0.5, 0.6) is 11.5 Å². The monoisotopic (exact) mass is 375 g/mol. The standard InChI is InChI=1S/C25H29NO2/c1-21(26-18-8-11-22-9-4-2-5-10-22)23-14-16-25(17-15-23)28-20-19-27-24-12-6-3-7-13-24/h2-7,9-10,12-17,21,26H,8,11,18-20H2,1H3. The Labute approximate surface area is 168 Å². The molecule has 1 atom stereocenters. The van der Waals surface area contributed by atoms with E-state index in [9.17, 15) is 0 Å². The van der Waals surface area contributed by atoms with Gasteiger partial charge in [-0.3, -0.25) is 0 Å². The maximum absolute atomic E-state index is 5.76. The van der Waals surface area contributed by atoms with Crippen LogP contribution in [0.3, 0.4) is 0 Å². The van der Waals surface area contributed by atoms with Gasteiger partial charge in [0.25, 0.3) is 0 Å². The van der Waals surface area contributed by atoms with Gasteiger partial charge in [0.2, 0.25) is 0 Å². The Morgan fingerprint density at radius 2 is 1.29 bits per heavy atom. The normalized spacial score (nSPS) is 11.8. The number of hydrogen-bond acceptors (Lipinski definition) is 3. The summed E-state index contributed by atoms with van der Waals surface area (Å²) in [6, 6.07) is 29.1.